The maximum atomic E-state index is 12.6. The fraction of sp³-hybridized carbons (Fsp3) is 0.167. The van der Waals surface area contributed by atoms with Gasteiger partial charge in [0.15, 0.2) is 11.6 Å². The van der Waals surface area contributed by atoms with Gasteiger partial charge in [0.05, 0.1) is 0 Å². The van der Waals surface area contributed by atoms with Gasteiger partial charge in [0.25, 0.3) is 5.91 Å². The summed E-state index contributed by atoms with van der Waals surface area (Å²) in [4.78, 5) is 20.7. The standard InChI is InChI=1S/C18H19N5O4S/c1-19-28(25,26)14-10-15(23(2)11-14)18(24)22-17-16(4-3-7-21-17)27-12-13-5-8-20-9-6-13/h3-11,19H,12H2,1-2H3,(H,21,22,24). The molecular weight excluding hydrogens is 382 g/mol. The Morgan fingerprint density at radius 3 is 2.68 bits per heavy atom. The van der Waals surface area contributed by atoms with Gasteiger partial charge in [-0.05, 0) is 42.9 Å². The van der Waals surface area contributed by atoms with E-state index in [1.165, 1.54) is 30.1 Å². The number of sulfonamides is 1. The molecule has 0 spiro atoms. The molecule has 0 unspecified atom stereocenters. The van der Waals surface area contributed by atoms with E-state index in [-0.39, 0.29) is 23.0 Å². The molecule has 2 N–H and O–H groups in total. The molecule has 0 atom stereocenters. The summed E-state index contributed by atoms with van der Waals surface area (Å²) in [6, 6.07) is 8.32. The van der Waals surface area contributed by atoms with E-state index in [2.05, 4.69) is 20.0 Å². The van der Waals surface area contributed by atoms with Gasteiger partial charge in [0.1, 0.15) is 17.2 Å². The van der Waals surface area contributed by atoms with E-state index in [0.717, 1.165) is 5.56 Å². The first-order chi connectivity index (χ1) is 13.4. The molecule has 0 bridgehead atoms. The molecule has 0 saturated carbocycles. The van der Waals surface area contributed by atoms with Gasteiger partial charge in [0, 0.05) is 31.8 Å². The normalized spacial score (nSPS) is 11.2. The molecule has 146 valence electrons. The molecule has 0 radical (unpaired) electrons. The van der Waals surface area contributed by atoms with E-state index in [1.807, 2.05) is 12.1 Å². The molecule has 0 aromatic carbocycles. The number of hydrogen-bond acceptors (Lipinski definition) is 6. The molecule has 28 heavy (non-hydrogen) atoms. The lowest BCUT2D eigenvalue weighted by Crippen LogP contribution is -2.18. The number of hydrogen-bond donors (Lipinski definition) is 2. The number of aryl methyl sites for hydroxylation is 1. The van der Waals surface area contributed by atoms with Crippen molar-refractivity contribution in [2.75, 3.05) is 12.4 Å². The molecule has 0 fully saturated rings. The Hall–Kier alpha value is -3.24. The van der Waals surface area contributed by atoms with Crippen LogP contribution < -0.4 is 14.8 Å². The monoisotopic (exact) mass is 401 g/mol. The maximum absolute atomic E-state index is 12.6. The Morgan fingerprint density at radius 1 is 1.21 bits per heavy atom. The number of anilines is 1. The first kappa shape index (κ1) is 19.5. The zero-order valence-electron chi connectivity index (χ0n) is 15.3. The highest BCUT2D eigenvalue weighted by molar-refractivity contribution is 7.89. The van der Waals surface area contributed by atoms with Crippen LogP contribution in [0.2, 0.25) is 0 Å². The lowest BCUT2D eigenvalue weighted by molar-refractivity contribution is 0.101. The van der Waals surface area contributed by atoms with E-state index >= 15 is 0 Å². The third-order valence-electron chi connectivity index (χ3n) is 3.94. The van der Waals surface area contributed by atoms with Gasteiger partial charge in [-0.2, -0.15) is 0 Å². The van der Waals surface area contributed by atoms with Crippen LogP contribution in [0.25, 0.3) is 0 Å². The number of aromatic nitrogens is 3. The van der Waals surface area contributed by atoms with Gasteiger partial charge in [-0.3, -0.25) is 9.78 Å². The Labute approximate surface area is 162 Å². The second kappa shape index (κ2) is 8.19. The summed E-state index contributed by atoms with van der Waals surface area (Å²) in [6.07, 6.45) is 6.21. The van der Waals surface area contributed by atoms with Gasteiger partial charge in [0.2, 0.25) is 10.0 Å². The van der Waals surface area contributed by atoms with Crippen LogP contribution in [0, 0.1) is 0 Å². The third-order valence-corrected chi connectivity index (χ3v) is 5.32. The lowest BCUT2D eigenvalue weighted by Gasteiger charge is -2.11. The van der Waals surface area contributed by atoms with Crippen molar-refractivity contribution in [2.24, 2.45) is 7.05 Å². The molecule has 1 amide bonds. The summed E-state index contributed by atoms with van der Waals surface area (Å²) in [5.41, 5.74) is 1.08. The largest absolute Gasteiger partial charge is 0.485 e. The number of rotatable bonds is 7. The molecule has 0 aliphatic heterocycles. The Kier molecular flexibility index (Phi) is 5.71. The van der Waals surface area contributed by atoms with Crippen LogP contribution >= 0.6 is 0 Å². The molecule has 0 saturated heterocycles. The second-order valence-electron chi connectivity index (χ2n) is 5.83. The van der Waals surface area contributed by atoms with E-state index in [9.17, 15) is 13.2 Å². The number of nitrogens with zero attached hydrogens (tertiary/aromatic N) is 3. The summed E-state index contributed by atoms with van der Waals surface area (Å²) >= 11 is 0. The van der Waals surface area contributed by atoms with E-state index in [0.29, 0.717) is 5.75 Å². The minimum atomic E-state index is -3.65. The van der Waals surface area contributed by atoms with Crippen molar-refractivity contribution in [1.29, 1.82) is 0 Å². The number of nitrogens with one attached hydrogen (secondary N) is 2. The van der Waals surface area contributed by atoms with Gasteiger partial charge >= 0.3 is 0 Å². The molecular formula is C18H19N5O4S. The first-order valence-corrected chi connectivity index (χ1v) is 9.77. The van der Waals surface area contributed by atoms with Crippen molar-refractivity contribution in [3.63, 3.8) is 0 Å². The maximum Gasteiger partial charge on any atom is 0.273 e. The molecule has 9 nitrogen and oxygen atoms in total. The van der Waals surface area contributed by atoms with Crippen molar-refractivity contribution in [1.82, 2.24) is 19.3 Å². The van der Waals surface area contributed by atoms with Crippen LogP contribution in [0.3, 0.4) is 0 Å². The third kappa shape index (κ3) is 4.35. The SMILES string of the molecule is CNS(=O)(=O)c1cc(C(=O)Nc2ncccc2OCc2ccncc2)n(C)c1. The highest BCUT2D eigenvalue weighted by atomic mass is 32.2. The van der Waals surface area contributed by atoms with Crippen LogP contribution in [-0.2, 0) is 23.7 Å². The molecule has 3 rings (SSSR count). The number of carbonyl (C=O) groups is 1. The summed E-state index contributed by atoms with van der Waals surface area (Å²) < 4.78 is 33.3. The van der Waals surface area contributed by atoms with Crippen molar-refractivity contribution in [3.8, 4) is 5.75 Å². The van der Waals surface area contributed by atoms with Crippen LogP contribution in [-0.4, -0.2) is 35.9 Å². The predicted octanol–water partition coefficient (Wildman–Crippen LogP) is 1.55. The van der Waals surface area contributed by atoms with E-state index in [1.54, 1.807) is 31.6 Å². The number of pyridine rings is 2. The summed E-state index contributed by atoms with van der Waals surface area (Å²) in [5.74, 6) is 0.123. The average molecular weight is 401 g/mol. The lowest BCUT2D eigenvalue weighted by atomic mass is 10.3. The quantitative estimate of drug-likeness (QED) is 0.621. The summed E-state index contributed by atoms with van der Waals surface area (Å²) in [5, 5.41) is 2.66. The van der Waals surface area contributed by atoms with Crippen molar-refractivity contribution >= 4 is 21.7 Å². The predicted molar refractivity (Wildman–Crippen MR) is 102 cm³/mol. The fourth-order valence-electron chi connectivity index (χ4n) is 2.44. The summed E-state index contributed by atoms with van der Waals surface area (Å²) in [6.45, 7) is 0.284. The second-order valence-corrected chi connectivity index (χ2v) is 7.71. The minimum absolute atomic E-state index is 0.00201. The van der Waals surface area contributed by atoms with Crippen molar-refractivity contribution in [3.05, 3.63) is 66.4 Å². The topological polar surface area (TPSA) is 115 Å². The van der Waals surface area contributed by atoms with Crippen molar-refractivity contribution in [2.45, 2.75) is 11.5 Å². The van der Waals surface area contributed by atoms with Crippen LogP contribution in [0.1, 0.15) is 16.1 Å². The molecule has 0 aliphatic carbocycles. The Morgan fingerprint density at radius 2 is 1.96 bits per heavy atom. The zero-order chi connectivity index (χ0) is 20.1. The smallest absolute Gasteiger partial charge is 0.273 e. The molecule has 10 heteroatoms. The highest BCUT2D eigenvalue weighted by Gasteiger charge is 2.20. The van der Waals surface area contributed by atoms with Crippen LogP contribution in [0.15, 0.2) is 60.0 Å². The molecule has 3 aromatic heterocycles. The van der Waals surface area contributed by atoms with Crippen LogP contribution in [0.4, 0.5) is 5.82 Å². The fourth-order valence-corrected chi connectivity index (χ4v) is 3.24. The van der Waals surface area contributed by atoms with Gasteiger partial charge < -0.3 is 14.6 Å². The minimum Gasteiger partial charge on any atom is -0.485 e. The first-order valence-electron chi connectivity index (χ1n) is 8.28. The molecule has 3 aromatic rings. The Bertz CT molecular complexity index is 1080. The van der Waals surface area contributed by atoms with Crippen molar-refractivity contribution < 1.29 is 17.9 Å². The van der Waals surface area contributed by atoms with Gasteiger partial charge in [-0.25, -0.2) is 18.1 Å². The van der Waals surface area contributed by atoms with Crippen LogP contribution in [0.5, 0.6) is 5.75 Å². The summed E-state index contributed by atoms with van der Waals surface area (Å²) in [7, 11) is -0.756. The highest BCUT2D eigenvalue weighted by Crippen LogP contribution is 2.23. The number of ether oxygens (including phenoxy) is 1. The zero-order valence-corrected chi connectivity index (χ0v) is 16.1. The molecule has 0 aliphatic rings. The van der Waals surface area contributed by atoms with Gasteiger partial charge in [-0.1, -0.05) is 0 Å². The number of amides is 1. The van der Waals surface area contributed by atoms with E-state index < -0.39 is 15.9 Å². The van der Waals surface area contributed by atoms with Gasteiger partial charge in [-0.15, -0.1) is 0 Å². The Balaban J connectivity index is 1.78. The molecule has 3 heterocycles. The van der Waals surface area contributed by atoms with E-state index in [4.69, 9.17) is 4.74 Å². The number of carbonyl (C=O) groups excluding carboxylic acids is 1. The average Bonchev–Trinajstić information content (AvgIpc) is 3.11.